The van der Waals surface area contributed by atoms with Gasteiger partial charge in [-0.15, -0.1) is 0 Å². The molecule has 29 heavy (non-hydrogen) atoms. The number of nitrogens with zero attached hydrogens (tertiary/aromatic N) is 4. The van der Waals surface area contributed by atoms with E-state index in [0.29, 0.717) is 11.4 Å². The lowest BCUT2D eigenvalue weighted by molar-refractivity contribution is -0.123. The summed E-state index contributed by atoms with van der Waals surface area (Å²) in [6.45, 7) is 3.83. The molecule has 1 fully saturated rings. The summed E-state index contributed by atoms with van der Waals surface area (Å²) in [4.78, 5) is 39.2. The van der Waals surface area contributed by atoms with Gasteiger partial charge in [0.15, 0.2) is 12.1 Å². The van der Waals surface area contributed by atoms with E-state index < -0.39 is 23.9 Å². The Balaban J connectivity index is 1.47. The minimum atomic E-state index is -0.916. The molecule has 4 rings (SSSR count). The molecule has 0 aromatic heterocycles. The highest BCUT2D eigenvalue weighted by Crippen LogP contribution is 2.31. The first-order valence-electron chi connectivity index (χ1n) is 9.48. The molecule has 3 amide bonds. The standard InChI is InChI=1S/C21H21N5O3/c1-3-14-6-10-16(11-7-14)26-20(28)18-19(21(26)29)25(24-23-18)12-17(27)22-15-8-4-13(2)5-9-15/h4-11,18-19H,3,12H2,1-2H3,(H,22,27)/t18-,19+/m0/s1. The van der Waals surface area contributed by atoms with Crippen LogP contribution in [0.3, 0.4) is 0 Å². The minimum Gasteiger partial charge on any atom is -0.324 e. The predicted molar refractivity (Wildman–Crippen MR) is 107 cm³/mol. The molecule has 2 aliphatic heterocycles. The molecular formula is C21H21N5O3. The van der Waals surface area contributed by atoms with Crippen molar-refractivity contribution in [3.8, 4) is 0 Å². The number of imide groups is 1. The number of benzene rings is 2. The summed E-state index contributed by atoms with van der Waals surface area (Å²) < 4.78 is 0. The van der Waals surface area contributed by atoms with Crippen LogP contribution in [-0.2, 0) is 20.8 Å². The van der Waals surface area contributed by atoms with E-state index in [0.717, 1.165) is 22.4 Å². The fourth-order valence-electron chi connectivity index (χ4n) is 3.47. The summed E-state index contributed by atoms with van der Waals surface area (Å²) in [5.74, 6) is -1.17. The summed E-state index contributed by atoms with van der Waals surface area (Å²) >= 11 is 0. The van der Waals surface area contributed by atoms with E-state index in [2.05, 4.69) is 15.7 Å². The predicted octanol–water partition coefficient (Wildman–Crippen LogP) is 2.49. The number of hydrogen-bond acceptors (Lipinski definition) is 6. The first-order valence-corrected chi connectivity index (χ1v) is 9.48. The zero-order chi connectivity index (χ0) is 20.5. The van der Waals surface area contributed by atoms with E-state index in [1.54, 1.807) is 24.3 Å². The number of hydrogen-bond donors (Lipinski definition) is 1. The van der Waals surface area contributed by atoms with Crippen molar-refractivity contribution in [2.75, 3.05) is 16.8 Å². The van der Waals surface area contributed by atoms with E-state index in [9.17, 15) is 14.4 Å². The number of fused-ring (bicyclic) bond motifs is 1. The fourth-order valence-corrected chi connectivity index (χ4v) is 3.47. The van der Waals surface area contributed by atoms with Crippen LogP contribution in [0, 0.1) is 6.92 Å². The quantitative estimate of drug-likeness (QED) is 0.793. The molecule has 1 saturated heterocycles. The van der Waals surface area contributed by atoms with Crippen LogP contribution in [0.5, 0.6) is 0 Å². The van der Waals surface area contributed by atoms with E-state index in [1.165, 1.54) is 5.01 Å². The molecule has 148 valence electrons. The van der Waals surface area contributed by atoms with Crippen LogP contribution >= 0.6 is 0 Å². The van der Waals surface area contributed by atoms with Crippen LogP contribution < -0.4 is 10.2 Å². The van der Waals surface area contributed by atoms with Crippen LogP contribution in [0.25, 0.3) is 0 Å². The molecule has 2 aliphatic rings. The molecule has 0 unspecified atom stereocenters. The second-order valence-corrected chi connectivity index (χ2v) is 7.14. The van der Waals surface area contributed by atoms with Crippen molar-refractivity contribution in [1.82, 2.24) is 5.01 Å². The Morgan fingerprint density at radius 3 is 2.38 bits per heavy atom. The van der Waals surface area contributed by atoms with Crippen molar-refractivity contribution in [2.24, 2.45) is 10.3 Å². The Kier molecular flexibility index (Phi) is 4.84. The van der Waals surface area contributed by atoms with Gasteiger partial charge in [-0.1, -0.05) is 42.0 Å². The fraction of sp³-hybridized carbons (Fsp3) is 0.286. The maximum Gasteiger partial charge on any atom is 0.263 e. The van der Waals surface area contributed by atoms with Crippen LogP contribution in [0.2, 0.25) is 0 Å². The topological polar surface area (TPSA) is 94.4 Å². The Bertz CT molecular complexity index is 984. The molecule has 0 bridgehead atoms. The van der Waals surface area contributed by atoms with Crippen LogP contribution in [0.4, 0.5) is 11.4 Å². The lowest BCUT2D eigenvalue weighted by Crippen LogP contribution is -2.43. The highest BCUT2D eigenvalue weighted by molar-refractivity contribution is 6.25. The average molecular weight is 391 g/mol. The lowest BCUT2D eigenvalue weighted by Gasteiger charge is -2.20. The molecule has 0 aliphatic carbocycles. The van der Waals surface area contributed by atoms with E-state index in [1.807, 2.05) is 38.1 Å². The number of carbonyl (C=O) groups excluding carboxylic acids is 3. The zero-order valence-corrected chi connectivity index (χ0v) is 16.2. The third-order valence-corrected chi connectivity index (χ3v) is 5.10. The summed E-state index contributed by atoms with van der Waals surface area (Å²) in [7, 11) is 0. The van der Waals surface area contributed by atoms with Crippen LogP contribution in [-0.4, -0.2) is 41.4 Å². The molecule has 2 aromatic carbocycles. The molecular weight excluding hydrogens is 370 g/mol. The number of rotatable bonds is 5. The number of nitrogens with one attached hydrogen (secondary N) is 1. The number of amides is 3. The maximum absolute atomic E-state index is 13.0. The van der Waals surface area contributed by atoms with Crippen LogP contribution in [0.1, 0.15) is 18.1 Å². The largest absolute Gasteiger partial charge is 0.324 e. The third kappa shape index (κ3) is 3.49. The van der Waals surface area contributed by atoms with E-state index in [-0.39, 0.29) is 12.5 Å². The van der Waals surface area contributed by atoms with Crippen LogP contribution in [0.15, 0.2) is 58.9 Å². The highest BCUT2D eigenvalue weighted by atomic mass is 16.2. The summed E-state index contributed by atoms with van der Waals surface area (Å²) in [6, 6.07) is 12.8. The van der Waals surface area contributed by atoms with Gasteiger partial charge in [-0.25, -0.2) is 4.90 Å². The van der Waals surface area contributed by atoms with Gasteiger partial charge in [-0.05, 0) is 43.2 Å². The third-order valence-electron chi connectivity index (χ3n) is 5.10. The van der Waals surface area contributed by atoms with Gasteiger partial charge in [0.05, 0.1) is 5.69 Å². The maximum atomic E-state index is 13.0. The number of anilines is 2. The number of aryl methyl sites for hydroxylation is 2. The minimum absolute atomic E-state index is 0.166. The van der Waals surface area contributed by atoms with Gasteiger partial charge >= 0.3 is 0 Å². The van der Waals surface area contributed by atoms with Gasteiger partial charge in [-0.3, -0.25) is 19.4 Å². The van der Waals surface area contributed by atoms with Crippen molar-refractivity contribution >= 4 is 29.1 Å². The smallest absolute Gasteiger partial charge is 0.263 e. The SMILES string of the molecule is CCc1ccc(N2C(=O)[C@H]3N=NN(CC(=O)Nc4ccc(C)cc4)[C@H]3C2=O)cc1. The molecule has 0 spiro atoms. The van der Waals surface area contributed by atoms with Gasteiger partial charge in [0.1, 0.15) is 6.54 Å². The Morgan fingerprint density at radius 1 is 1.03 bits per heavy atom. The molecule has 2 atom stereocenters. The first-order chi connectivity index (χ1) is 14.0. The Morgan fingerprint density at radius 2 is 1.72 bits per heavy atom. The van der Waals surface area contributed by atoms with Gasteiger partial charge in [0, 0.05) is 5.69 Å². The second kappa shape index (κ2) is 7.46. The molecule has 1 N–H and O–H groups in total. The first kappa shape index (κ1) is 18.8. The van der Waals surface area contributed by atoms with Crippen molar-refractivity contribution in [1.29, 1.82) is 0 Å². The average Bonchev–Trinajstić information content (AvgIpc) is 3.23. The molecule has 0 radical (unpaired) electrons. The molecule has 2 heterocycles. The van der Waals surface area contributed by atoms with Gasteiger partial charge < -0.3 is 5.32 Å². The van der Waals surface area contributed by atoms with Gasteiger partial charge in [0.25, 0.3) is 11.8 Å². The van der Waals surface area contributed by atoms with Crippen molar-refractivity contribution in [2.45, 2.75) is 32.4 Å². The summed E-state index contributed by atoms with van der Waals surface area (Å²) in [5.41, 5.74) is 3.36. The summed E-state index contributed by atoms with van der Waals surface area (Å²) in [5, 5.41) is 11.9. The zero-order valence-electron chi connectivity index (χ0n) is 16.2. The monoisotopic (exact) mass is 391 g/mol. The Labute approximate surface area is 168 Å². The molecule has 0 saturated carbocycles. The molecule has 8 nitrogen and oxygen atoms in total. The van der Waals surface area contributed by atoms with Gasteiger partial charge in [-0.2, -0.15) is 5.11 Å². The van der Waals surface area contributed by atoms with E-state index in [4.69, 9.17) is 0 Å². The number of carbonyl (C=O) groups is 3. The normalized spacial score (nSPS) is 20.3. The van der Waals surface area contributed by atoms with Crippen molar-refractivity contribution in [3.05, 3.63) is 59.7 Å². The highest BCUT2D eigenvalue weighted by Gasteiger charge is 2.55. The van der Waals surface area contributed by atoms with Gasteiger partial charge in [0.2, 0.25) is 5.91 Å². The second-order valence-electron chi connectivity index (χ2n) is 7.14. The Hall–Kier alpha value is -3.55. The molecule has 2 aromatic rings. The summed E-state index contributed by atoms with van der Waals surface area (Å²) in [6.07, 6.45) is 0.867. The molecule has 8 heteroatoms. The van der Waals surface area contributed by atoms with Crippen molar-refractivity contribution in [3.63, 3.8) is 0 Å². The lowest BCUT2D eigenvalue weighted by atomic mass is 10.1. The van der Waals surface area contributed by atoms with E-state index >= 15 is 0 Å². The van der Waals surface area contributed by atoms with Crippen molar-refractivity contribution < 1.29 is 14.4 Å².